The average Bonchev–Trinajstić information content (AvgIpc) is 2.98. The highest BCUT2D eigenvalue weighted by Crippen LogP contribution is 2.30. The van der Waals surface area contributed by atoms with Crippen LogP contribution in [0.25, 0.3) is 6.08 Å². The Hall–Kier alpha value is -4.30. The normalized spacial score (nSPS) is 13.7. The van der Waals surface area contributed by atoms with E-state index in [0.717, 1.165) is 44.0 Å². The van der Waals surface area contributed by atoms with Crippen molar-refractivity contribution in [1.29, 1.82) is 0 Å². The molecule has 1 aliphatic heterocycles. The molecule has 1 N–H and O–H groups in total. The van der Waals surface area contributed by atoms with Gasteiger partial charge in [0, 0.05) is 38.8 Å². The van der Waals surface area contributed by atoms with E-state index < -0.39 is 5.97 Å². The van der Waals surface area contributed by atoms with Crippen LogP contribution in [0, 0.1) is 0 Å². The highest BCUT2D eigenvalue weighted by Gasteiger charge is 2.21. The molecule has 1 aliphatic rings. The first-order chi connectivity index (χ1) is 19.5. The predicted molar refractivity (Wildman–Crippen MR) is 158 cm³/mol. The quantitative estimate of drug-likeness (QED) is 0.262. The fraction of sp³-hybridized carbons (Fsp3) is 0.312. The molecule has 0 radical (unpaired) electrons. The Kier molecular flexibility index (Phi) is 10.2. The van der Waals surface area contributed by atoms with E-state index in [1.807, 2.05) is 37.3 Å². The maximum Gasteiger partial charge on any atom is 0.338 e. The first-order valence-corrected chi connectivity index (χ1v) is 13.6. The molecule has 1 fully saturated rings. The van der Waals surface area contributed by atoms with Gasteiger partial charge in [0.1, 0.15) is 0 Å². The van der Waals surface area contributed by atoms with Crippen molar-refractivity contribution >= 4 is 29.3 Å². The second-order valence-corrected chi connectivity index (χ2v) is 9.37. The summed E-state index contributed by atoms with van der Waals surface area (Å²) in [5.74, 6) is 0.517. The highest BCUT2D eigenvalue weighted by molar-refractivity contribution is 6.05. The third-order valence-electron chi connectivity index (χ3n) is 6.64. The van der Waals surface area contributed by atoms with Gasteiger partial charge in [-0.15, -0.1) is 0 Å². The molecule has 210 valence electrons. The number of hydrogen-bond acceptors (Lipinski definition) is 7. The van der Waals surface area contributed by atoms with E-state index >= 15 is 0 Å². The van der Waals surface area contributed by atoms with E-state index in [1.54, 1.807) is 32.2 Å². The molecular formula is C32H37N3O5. The van der Waals surface area contributed by atoms with Crippen LogP contribution in [0.5, 0.6) is 11.5 Å². The largest absolute Gasteiger partial charge is 0.493 e. The summed E-state index contributed by atoms with van der Waals surface area (Å²) in [6, 6.07) is 21.3. The average molecular weight is 544 g/mol. The molecule has 8 heteroatoms. The maximum atomic E-state index is 13.0. The zero-order chi connectivity index (χ0) is 28.3. The number of nitrogens with zero attached hydrogens (tertiary/aromatic N) is 2. The van der Waals surface area contributed by atoms with Crippen LogP contribution in [0.2, 0.25) is 0 Å². The summed E-state index contributed by atoms with van der Waals surface area (Å²) in [6.45, 7) is 8.78. The number of carbonyl (C=O) groups excluding carboxylic acids is 2. The van der Waals surface area contributed by atoms with Crippen molar-refractivity contribution in [2.75, 3.05) is 56.7 Å². The van der Waals surface area contributed by atoms with Crippen LogP contribution in [-0.4, -0.2) is 63.3 Å². The number of ether oxygens (including phenoxy) is 3. The molecule has 3 aromatic carbocycles. The molecule has 8 nitrogen and oxygen atoms in total. The Morgan fingerprint density at radius 1 is 0.900 bits per heavy atom. The van der Waals surface area contributed by atoms with Crippen LogP contribution in [0.4, 0.5) is 11.4 Å². The number of anilines is 2. The van der Waals surface area contributed by atoms with Gasteiger partial charge in [-0.1, -0.05) is 36.4 Å². The monoisotopic (exact) mass is 543 g/mol. The Labute approximate surface area is 236 Å². The first kappa shape index (κ1) is 28.7. The van der Waals surface area contributed by atoms with E-state index in [2.05, 4.69) is 39.4 Å². The Bertz CT molecular complexity index is 1320. The number of nitrogens with one attached hydrogen (secondary N) is 1. The van der Waals surface area contributed by atoms with Crippen molar-refractivity contribution in [2.45, 2.75) is 20.4 Å². The van der Waals surface area contributed by atoms with Gasteiger partial charge in [-0.3, -0.25) is 9.69 Å². The van der Waals surface area contributed by atoms with Crippen molar-refractivity contribution in [3.05, 3.63) is 89.5 Å². The van der Waals surface area contributed by atoms with Crippen LogP contribution in [0.1, 0.15) is 35.3 Å². The molecule has 40 heavy (non-hydrogen) atoms. The van der Waals surface area contributed by atoms with Gasteiger partial charge in [0.2, 0.25) is 5.91 Å². The van der Waals surface area contributed by atoms with E-state index in [0.29, 0.717) is 29.4 Å². The summed E-state index contributed by atoms with van der Waals surface area (Å²) in [4.78, 5) is 30.1. The number of piperazine rings is 1. The molecule has 1 heterocycles. The summed E-state index contributed by atoms with van der Waals surface area (Å²) >= 11 is 0. The lowest BCUT2D eigenvalue weighted by atomic mass is 10.1. The molecule has 4 rings (SSSR count). The number of carbonyl (C=O) groups is 2. The topological polar surface area (TPSA) is 80.3 Å². The number of hydrogen-bond donors (Lipinski definition) is 1. The van der Waals surface area contributed by atoms with Crippen molar-refractivity contribution in [1.82, 2.24) is 4.90 Å². The highest BCUT2D eigenvalue weighted by atomic mass is 16.5. The van der Waals surface area contributed by atoms with E-state index in [9.17, 15) is 9.59 Å². The first-order valence-electron chi connectivity index (χ1n) is 13.6. The summed E-state index contributed by atoms with van der Waals surface area (Å²) in [6.07, 6.45) is 3.18. The minimum atomic E-state index is -0.422. The van der Waals surface area contributed by atoms with Crippen LogP contribution in [0.3, 0.4) is 0 Å². The predicted octanol–water partition coefficient (Wildman–Crippen LogP) is 5.24. The summed E-state index contributed by atoms with van der Waals surface area (Å²) in [7, 11) is 1.58. The van der Waals surface area contributed by atoms with Gasteiger partial charge in [0.25, 0.3) is 0 Å². The van der Waals surface area contributed by atoms with Crippen molar-refractivity contribution < 1.29 is 23.8 Å². The van der Waals surface area contributed by atoms with Gasteiger partial charge >= 0.3 is 5.97 Å². The molecule has 1 amide bonds. The van der Waals surface area contributed by atoms with Gasteiger partial charge in [0.05, 0.1) is 37.3 Å². The summed E-state index contributed by atoms with van der Waals surface area (Å²) < 4.78 is 16.2. The van der Waals surface area contributed by atoms with Gasteiger partial charge in [-0.25, -0.2) is 4.79 Å². The summed E-state index contributed by atoms with van der Waals surface area (Å²) in [5, 5.41) is 2.98. The molecule has 3 aromatic rings. The molecule has 0 spiro atoms. The van der Waals surface area contributed by atoms with Crippen molar-refractivity contribution in [3.63, 3.8) is 0 Å². The van der Waals surface area contributed by atoms with Gasteiger partial charge in [0.15, 0.2) is 11.5 Å². The standard InChI is InChI=1S/C32H37N3O5/c1-4-39-29-15-11-24(21-30(29)38-3)12-16-31(36)33-27-22-26(32(37)40-5-2)13-14-28(27)35-19-17-34(18-20-35)23-25-9-7-6-8-10-25/h6-16,21-22H,4-5,17-20,23H2,1-3H3,(H,33,36)/b16-12+. The third kappa shape index (κ3) is 7.64. The third-order valence-corrected chi connectivity index (χ3v) is 6.64. The van der Waals surface area contributed by atoms with E-state index in [-0.39, 0.29) is 12.5 Å². The molecule has 0 aliphatic carbocycles. The van der Waals surface area contributed by atoms with Gasteiger partial charge < -0.3 is 24.4 Å². The smallest absolute Gasteiger partial charge is 0.338 e. The number of esters is 1. The van der Waals surface area contributed by atoms with E-state index in [1.165, 1.54) is 11.6 Å². The number of methoxy groups -OCH3 is 1. The van der Waals surface area contributed by atoms with Crippen LogP contribution < -0.4 is 19.7 Å². The minimum Gasteiger partial charge on any atom is -0.493 e. The Morgan fingerprint density at radius 3 is 2.38 bits per heavy atom. The van der Waals surface area contributed by atoms with E-state index in [4.69, 9.17) is 14.2 Å². The molecule has 0 bridgehead atoms. The molecule has 1 saturated heterocycles. The fourth-order valence-corrected chi connectivity index (χ4v) is 4.65. The second kappa shape index (κ2) is 14.2. The number of benzene rings is 3. The van der Waals surface area contributed by atoms with Crippen molar-refractivity contribution in [3.8, 4) is 11.5 Å². The molecular weight excluding hydrogens is 506 g/mol. The molecule has 0 atom stereocenters. The number of rotatable bonds is 11. The second-order valence-electron chi connectivity index (χ2n) is 9.37. The lowest BCUT2D eigenvalue weighted by Crippen LogP contribution is -2.46. The Balaban J connectivity index is 1.48. The SMILES string of the molecule is CCOC(=O)c1ccc(N2CCN(Cc3ccccc3)CC2)c(NC(=O)/C=C/c2ccc(OCC)c(OC)c2)c1. The fourth-order valence-electron chi connectivity index (χ4n) is 4.65. The van der Waals surface area contributed by atoms with Gasteiger partial charge in [-0.05, 0) is 61.4 Å². The molecule has 0 unspecified atom stereocenters. The zero-order valence-electron chi connectivity index (χ0n) is 23.4. The lowest BCUT2D eigenvalue weighted by Gasteiger charge is -2.37. The molecule has 0 saturated carbocycles. The lowest BCUT2D eigenvalue weighted by molar-refractivity contribution is -0.111. The molecule has 0 aromatic heterocycles. The van der Waals surface area contributed by atoms with Crippen molar-refractivity contribution in [2.24, 2.45) is 0 Å². The summed E-state index contributed by atoms with van der Waals surface area (Å²) in [5.41, 5.74) is 3.92. The van der Waals surface area contributed by atoms with Crippen LogP contribution in [0.15, 0.2) is 72.8 Å². The van der Waals surface area contributed by atoms with Crippen LogP contribution >= 0.6 is 0 Å². The Morgan fingerprint density at radius 2 is 1.68 bits per heavy atom. The zero-order valence-corrected chi connectivity index (χ0v) is 23.4. The van der Waals surface area contributed by atoms with Crippen LogP contribution in [-0.2, 0) is 16.1 Å². The van der Waals surface area contributed by atoms with Gasteiger partial charge in [-0.2, -0.15) is 0 Å². The number of amides is 1. The maximum absolute atomic E-state index is 13.0. The minimum absolute atomic E-state index is 0.278.